The first-order valence-electron chi connectivity index (χ1n) is 8.81. The minimum Gasteiger partial charge on any atom is -0.324 e. The van der Waals surface area contributed by atoms with E-state index in [1.165, 1.54) is 42.5 Å². The topological polar surface area (TPSA) is 92.8 Å². The molecule has 148 valence electrons. The maximum atomic E-state index is 13.0. The number of benzene rings is 3. The highest BCUT2D eigenvalue weighted by molar-refractivity contribution is 6.21. The van der Waals surface area contributed by atoms with Gasteiger partial charge in [0, 0.05) is 11.3 Å². The number of imide groups is 1. The Morgan fingerprint density at radius 3 is 2.07 bits per heavy atom. The van der Waals surface area contributed by atoms with Gasteiger partial charge < -0.3 is 10.2 Å². The van der Waals surface area contributed by atoms with Crippen LogP contribution in [-0.2, 0) is 4.84 Å². The average Bonchev–Trinajstić information content (AvgIpc) is 2.99. The number of hydroxylamine groups is 2. The third kappa shape index (κ3) is 3.53. The predicted molar refractivity (Wildman–Crippen MR) is 103 cm³/mol. The summed E-state index contributed by atoms with van der Waals surface area (Å²) >= 11 is 0. The number of anilines is 1. The molecule has 30 heavy (non-hydrogen) atoms. The normalized spacial score (nSPS) is 12.5. The van der Waals surface area contributed by atoms with Crippen LogP contribution in [0.5, 0.6) is 0 Å². The third-order valence-corrected chi connectivity index (χ3v) is 4.39. The highest BCUT2D eigenvalue weighted by atomic mass is 19.1. The van der Waals surface area contributed by atoms with Crippen LogP contribution in [0.3, 0.4) is 0 Å². The number of nitrogens with zero attached hydrogens (tertiary/aromatic N) is 1. The van der Waals surface area contributed by atoms with E-state index in [1.807, 2.05) is 0 Å². The predicted octanol–water partition coefficient (Wildman–Crippen LogP) is 3.45. The van der Waals surface area contributed by atoms with Crippen molar-refractivity contribution >= 4 is 29.4 Å². The number of hydrogen-bond donors (Lipinski definition) is 1. The second-order valence-electron chi connectivity index (χ2n) is 6.37. The molecule has 1 heterocycles. The van der Waals surface area contributed by atoms with Crippen molar-refractivity contribution in [2.75, 3.05) is 5.32 Å². The SMILES string of the molecule is O=C(Nc1cccc(C(=O)ON2C(=O)c3ccccc3C2=O)c1)c1ccc(F)cc1. The first-order valence-corrected chi connectivity index (χ1v) is 8.81. The van der Waals surface area contributed by atoms with Gasteiger partial charge in [-0.1, -0.05) is 23.3 Å². The number of carbonyl (C=O) groups excluding carboxylic acids is 4. The maximum absolute atomic E-state index is 13.0. The molecule has 0 bridgehead atoms. The summed E-state index contributed by atoms with van der Waals surface area (Å²) in [6.45, 7) is 0. The van der Waals surface area contributed by atoms with Crippen molar-refractivity contribution in [2.45, 2.75) is 0 Å². The number of nitrogens with one attached hydrogen (secondary N) is 1. The number of rotatable bonds is 4. The minimum atomic E-state index is -0.942. The standard InChI is InChI=1S/C22H13FN2O5/c23-15-10-8-13(9-11-15)19(26)24-16-5-3-4-14(12-16)22(29)30-25-20(27)17-6-1-2-7-18(17)21(25)28/h1-12H,(H,24,26). The second-order valence-corrected chi connectivity index (χ2v) is 6.37. The molecule has 0 spiro atoms. The van der Waals surface area contributed by atoms with Crippen LogP contribution in [0, 0.1) is 5.82 Å². The van der Waals surface area contributed by atoms with Gasteiger partial charge in [0.05, 0.1) is 16.7 Å². The van der Waals surface area contributed by atoms with Crippen molar-refractivity contribution in [3.63, 3.8) is 0 Å². The molecule has 0 radical (unpaired) electrons. The molecule has 0 saturated carbocycles. The first kappa shape index (κ1) is 19.0. The second kappa shape index (κ2) is 7.59. The fourth-order valence-corrected chi connectivity index (χ4v) is 2.91. The molecular weight excluding hydrogens is 391 g/mol. The van der Waals surface area contributed by atoms with E-state index in [-0.39, 0.29) is 27.9 Å². The zero-order valence-electron chi connectivity index (χ0n) is 15.3. The van der Waals surface area contributed by atoms with Crippen LogP contribution in [0.1, 0.15) is 41.4 Å². The van der Waals surface area contributed by atoms with Crippen molar-refractivity contribution < 1.29 is 28.4 Å². The molecule has 7 nitrogen and oxygen atoms in total. The first-order chi connectivity index (χ1) is 14.4. The van der Waals surface area contributed by atoms with Gasteiger partial charge in [-0.15, -0.1) is 0 Å². The lowest BCUT2D eigenvalue weighted by Gasteiger charge is -2.13. The summed E-state index contributed by atoms with van der Waals surface area (Å²) in [6, 6.07) is 16.9. The van der Waals surface area contributed by atoms with Crippen LogP contribution < -0.4 is 5.32 Å². The Kier molecular flexibility index (Phi) is 4.81. The summed E-state index contributed by atoms with van der Waals surface area (Å²) < 4.78 is 13.0. The summed E-state index contributed by atoms with van der Waals surface area (Å²) in [5, 5.41) is 3.00. The lowest BCUT2D eigenvalue weighted by molar-refractivity contribution is -0.0584. The molecule has 3 aromatic rings. The van der Waals surface area contributed by atoms with Crippen LogP contribution in [0.2, 0.25) is 0 Å². The number of fused-ring (bicyclic) bond motifs is 1. The molecule has 4 rings (SSSR count). The fraction of sp³-hybridized carbons (Fsp3) is 0. The Morgan fingerprint density at radius 2 is 1.43 bits per heavy atom. The van der Waals surface area contributed by atoms with Gasteiger partial charge in [0.25, 0.3) is 17.7 Å². The van der Waals surface area contributed by atoms with E-state index in [0.717, 1.165) is 12.1 Å². The van der Waals surface area contributed by atoms with Crippen LogP contribution in [0.4, 0.5) is 10.1 Å². The molecule has 1 aliphatic heterocycles. The molecule has 0 aromatic heterocycles. The Bertz CT molecular complexity index is 1160. The maximum Gasteiger partial charge on any atom is 0.364 e. The average molecular weight is 404 g/mol. The number of halogens is 1. The Balaban J connectivity index is 1.48. The fourth-order valence-electron chi connectivity index (χ4n) is 2.91. The van der Waals surface area contributed by atoms with Crippen LogP contribution in [0.15, 0.2) is 72.8 Å². The summed E-state index contributed by atoms with van der Waals surface area (Å²) in [5.74, 6) is -3.37. The number of carbonyl (C=O) groups is 4. The van der Waals surface area contributed by atoms with E-state index < -0.39 is 29.5 Å². The summed E-state index contributed by atoms with van der Waals surface area (Å²) in [6.07, 6.45) is 0. The van der Waals surface area contributed by atoms with Gasteiger partial charge >= 0.3 is 5.97 Å². The van der Waals surface area contributed by atoms with Crippen molar-refractivity contribution in [1.82, 2.24) is 5.06 Å². The van der Waals surface area contributed by atoms with E-state index in [9.17, 15) is 23.6 Å². The van der Waals surface area contributed by atoms with Gasteiger partial charge in [-0.25, -0.2) is 9.18 Å². The molecule has 0 saturated heterocycles. The quantitative estimate of drug-likeness (QED) is 0.673. The van der Waals surface area contributed by atoms with E-state index in [2.05, 4.69) is 5.32 Å². The molecule has 3 amide bonds. The monoisotopic (exact) mass is 404 g/mol. The van der Waals surface area contributed by atoms with Crippen molar-refractivity contribution in [2.24, 2.45) is 0 Å². The molecule has 3 aromatic carbocycles. The van der Waals surface area contributed by atoms with E-state index in [4.69, 9.17) is 4.84 Å². The van der Waals surface area contributed by atoms with Gasteiger partial charge in [-0.3, -0.25) is 14.4 Å². The lowest BCUT2D eigenvalue weighted by Crippen LogP contribution is -2.32. The van der Waals surface area contributed by atoms with E-state index in [0.29, 0.717) is 5.06 Å². The Hall–Kier alpha value is -4.33. The summed E-state index contributed by atoms with van der Waals surface area (Å²) in [4.78, 5) is 54.3. The summed E-state index contributed by atoms with van der Waals surface area (Å²) in [7, 11) is 0. The van der Waals surface area contributed by atoms with Gasteiger partial charge in [0.15, 0.2) is 0 Å². The van der Waals surface area contributed by atoms with Crippen molar-refractivity contribution in [1.29, 1.82) is 0 Å². The van der Waals surface area contributed by atoms with Gasteiger partial charge in [0.2, 0.25) is 0 Å². The lowest BCUT2D eigenvalue weighted by atomic mass is 10.1. The molecule has 8 heteroatoms. The Labute approximate surface area is 169 Å². The smallest absolute Gasteiger partial charge is 0.324 e. The molecular formula is C22H13FN2O5. The zero-order valence-corrected chi connectivity index (χ0v) is 15.3. The third-order valence-electron chi connectivity index (χ3n) is 4.39. The number of hydrogen-bond acceptors (Lipinski definition) is 5. The molecule has 0 atom stereocenters. The molecule has 0 fully saturated rings. The van der Waals surface area contributed by atoms with E-state index >= 15 is 0 Å². The largest absolute Gasteiger partial charge is 0.364 e. The van der Waals surface area contributed by atoms with Crippen LogP contribution in [0.25, 0.3) is 0 Å². The molecule has 1 aliphatic rings. The van der Waals surface area contributed by atoms with E-state index in [1.54, 1.807) is 18.2 Å². The van der Waals surface area contributed by atoms with Crippen molar-refractivity contribution in [3.8, 4) is 0 Å². The minimum absolute atomic E-state index is 0.0171. The highest BCUT2D eigenvalue weighted by Crippen LogP contribution is 2.23. The molecule has 1 N–H and O–H groups in total. The van der Waals surface area contributed by atoms with Crippen LogP contribution in [-0.4, -0.2) is 28.8 Å². The highest BCUT2D eigenvalue weighted by Gasteiger charge is 2.38. The zero-order chi connectivity index (χ0) is 21.3. The van der Waals surface area contributed by atoms with Gasteiger partial charge in [-0.2, -0.15) is 0 Å². The molecule has 0 unspecified atom stereocenters. The van der Waals surface area contributed by atoms with Gasteiger partial charge in [0.1, 0.15) is 5.82 Å². The molecule has 0 aliphatic carbocycles. The summed E-state index contributed by atoms with van der Waals surface area (Å²) in [5.41, 5.74) is 0.825. The van der Waals surface area contributed by atoms with Crippen LogP contribution >= 0.6 is 0 Å². The van der Waals surface area contributed by atoms with Crippen molar-refractivity contribution in [3.05, 3.63) is 101 Å². The number of amides is 3. The Morgan fingerprint density at radius 1 is 0.800 bits per heavy atom. The van der Waals surface area contributed by atoms with Gasteiger partial charge in [-0.05, 0) is 54.6 Å².